The molecule has 1 saturated heterocycles. The third-order valence-electron chi connectivity index (χ3n) is 2.47. The fourth-order valence-corrected chi connectivity index (χ4v) is 2.29. The third kappa shape index (κ3) is 3.59. The van der Waals surface area contributed by atoms with Gasteiger partial charge in [0.15, 0.2) is 0 Å². The zero-order valence-electron chi connectivity index (χ0n) is 9.07. The summed E-state index contributed by atoms with van der Waals surface area (Å²) >= 11 is 1.66. The molecule has 2 rings (SSSR count). The molecule has 0 saturated carbocycles. The number of hydrogen-bond donors (Lipinski definition) is 2. The van der Waals surface area contributed by atoms with Gasteiger partial charge in [0.05, 0.1) is 19.8 Å². The molecule has 4 nitrogen and oxygen atoms in total. The van der Waals surface area contributed by atoms with Crippen molar-refractivity contribution in [2.75, 3.05) is 19.8 Å². The topological polar surface area (TPSA) is 50.4 Å². The molecule has 2 N–H and O–H groups in total. The van der Waals surface area contributed by atoms with E-state index in [0.29, 0.717) is 19.6 Å². The standard InChI is InChI=1S/C11H16N2O2S/c14-11(6-9-8-15-4-3-12-9)13-7-10-2-1-5-16-10/h1-2,5,9,12H,3-4,6-8H2,(H,13,14)/t9-/m0/s1. The summed E-state index contributed by atoms with van der Waals surface area (Å²) in [6.45, 7) is 2.84. The van der Waals surface area contributed by atoms with Gasteiger partial charge in [0.1, 0.15) is 0 Å². The SMILES string of the molecule is O=C(C[C@H]1COCCN1)NCc1cccs1. The van der Waals surface area contributed by atoms with Crippen LogP contribution in [0.15, 0.2) is 17.5 Å². The summed E-state index contributed by atoms with van der Waals surface area (Å²) < 4.78 is 5.29. The Kier molecular flexibility index (Phi) is 4.33. The maximum atomic E-state index is 11.6. The second kappa shape index (κ2) is 5.98. The Morgan fingerprint density at radius 3 is 3.31 bits per heavy atom. The van der Waals surface area contributed by atoms with E-state index < -0.39 is 0 Å². The molecule has 2 heterocycles. The lowest BCUT2D eigenvalue weighted by Crippen LogP contribution is -2.44. The average molecular weight is 240 g/mol. The number of carbonyl (C=O) groups excluding carboxylic acids is 1. The van der Waals surface area contributed by atoms with Crippen molar-refractivity contribution in [2.24, 2.45) is 0 Å². The second-order valence-electron chi connectivity index (χ2n) is 3.79. The summed E-state index contributed by atoms with van der Waals surface area (Å²) in [6.07, 6.45) is 0.491. The van der Waals surface area contributed by atoms with Crippen LogP contribution in [0.2, 0.25) is 0 Å². The largest absolute Gasteiger partial charge is 0.378 e. The van der Waals surface area contributed by atoms with Gasteiger partial charge in [0.25, 0.3) is 0 Å². The monoisotopic (exact) mass is 240 g/mol. The molecule has 1 aliphatic rings. The summed E-state index contributed by atoms with van der Waals surface area (Å²) in [6, 6.07) is 4.17. The first-order valence-corrected chi connectivity index (χ1v) is 6.33. The number of rotatable bonds is 4. The summed E-state index contributed by atoms with van der Waals surface area (Å²) in [4.78, 5) is 12.8. The number of thiophene rings is 1. The van der Waals surface area contributed by atoms with Gasteiger partial charge < -0.3 is 15.4 Å². The first-order valence-electron chi connectivity index (χ1n) is 5.45. The summed E-state index contributed by atoms with van der Waals surface area (Å²) in [5, 5.41) is 8.18. The van der Waals surface area contributed by atoms with E-state index in [1.54, 1.807) is 11.3 Å². The van der Waals surface area contributed by atoms with Crippen molar-refractivity contribution in [3.63, 3.8) is 0 Å². The Morgan fingerprint density at radius 2 is 2.62 bits per heavy atom. The van der Waals surface area contributed by atoms with Gasteiger partial charge in [-0.1, -0.05) is 6.07 Å². The molecule has 0 aliphatic carbocycles. The molecule has 0 aromatic carbocycles. The molecule has 88 valence electrons. The number of morpholine rings is 1. The molecule has 1 fully saturated rings. The number of hydrogen-bond acceptors (Lipinski definition) is 4. The molecule has 1 atom stereocenters. The van der Waals surface area contributed by atoms with Gasteiger partial charge in [-0.05, 0) is 11.4 Å². The predicted molar refractivity (Wildman–Crippen MR) is 63.4 cm³/mol. The van der Waals surface area contributed by atoms with E-state index in [1.165, 1.54) is 4.88 Å². The fourth-order valence-electron chi connectivity index (χ4n) is 1.65. The average Bonchev–Trinajstić information content (AvgIpc) is 2.81. The maximum Gasteiger partial charge on any atom is 0.221 e. The predicted octanol–water partition coefficient (Wildman–Crippen LogP) is 0.743. The van der Waals surface area contributed by atoms with Gasteiger partial charge in [0, 0.05) is 23.9 Å². The summed E-state index contributed by atoms with van der Waals surface area (Å²) in [5.74, 6) is 0.0800. The molecule has 0 unspecified atom stereocenters. The van der Waals surface area contributed by atoms with Crippen LogP contribution in [0.25, 0.3) is 0 Å². The fraction of sp³-hybridized carbons (Fsp3) is 0.545. The molecule has 0 radical (unpaired) electrons. The van der Waals surface area contributed by atoms with E-state index in [1.807, 2.05) is 17.5 Å². The van der Waals surface area contributed by atoms with Crippen LogP contribution in [0.1, 0.15) is 11.3 Å². The number of ether oxygens (including phenoxy) is 1. The van der Waals surface area contributed by atoms with Crippen molar-refractivity contribution in [1.29, 1.82) is 0 Å². The van der Waals surface area contributed by atoms with Gasteiger partial charge in [-0.2, -0.15) is 0 Å². The zero-order valence-corrected chi connectivity index (χ0v) is 9.89. The highest BCUT2D eigenvalue weighted by molar-refractivity contribution is 7.09. The molecule has 0 spiro atoms. The normalized spacial score (nSPS) is 20.6. The lowest BCUT2D eigenvalue weighted by Gasteiger charge is -2.23. The zero-order chi connectivity index (χ0) is 11.2. The molecule has 1 amide bonds. The van der Waals surface area contributed by atoms with Crippen molar-refractivity contribution >= 4 is 17.2 Å². The van der Waals surface area contributed by atoms with Gasteiger partial charge in [-0.15, -0.1) is 11.3 Å². The van der Waals surface area contributed by atoms with Gasteiger partial charge in [0.2, 0.25) is 5.91 Å². The quantitative estimate of drug-likeness (QED) is 0.816. The van der Waals surface area contributed by atoms with Crippen LogP contribution in [0, 0.1) is 0 Å². The lowest BCUT2D eigenvalue weighted by molar-refractivity contribution is -0.122. The summed E-state index contributed by atoms with van der Waals surface area (Å²) in [5.41, 5.74) is 0. The Hall–Kier alpha value is -0.910. The molecule has 1 aliphatic heterocycles. The van der Waals surface area contributed by atoms with E-state index >= 15 is 0 Å². The van der Waals surface area contributed by atoms with E-state index in [2.05, 4.69) is 10.6 Å². The van der Waals surface area contributed by atoms with Crippen molar-refractivity contribution in [3.05, 3.63) is 22.4 Å². The summed E-state index contributed by atoms with van der Waals surface area (Å²) in [7, 11) is 0. The minimum absolute atomic E-state index is 0.0800. The maximum absolute atomic E-state index is 11.6. The van der Waals surface area contributed by atoms with E-state index in [9.17, 15) is 4.79 Å². The van der Waals surface area contributed by atoms with Crippen LogP contribution >= 0.6 is 11.3 Å². The Morgan fingerprint density at radius 1 is 1.69 bits per heavy atom. The van der Waals surface area contributed by atoms with Crippen LogP contribution in [0.5, 0.6) is 0 Å². The lowest BCUT2D eigenvalue weighted by atomic mass is 10.2. The first-order chi connectivity index (χ1) is 7.84. The highest BCUT2D eigenvalue weighted by Gasteiger charge is 2.16. The van der Waals surface area contributed by atoms with Crippen LogP contribution in [0.4, 0.5) is 0 Å². The number of amides is 1. The molecule has 1 aromatic rings. The number of carbonyl (C=O) groups is 1. The molecule has 5 heteroatoms. The van der Waals surface area contributed by atoms with E-state index in [4.69, 9.17) is 4.74 Å². The molecule has 16 heavy (non-hydrogen) atoms. The Labute approximate surface area is 99.0 Å². The highest BCUT2D eigenvalue weighted by atomic mass is 32.1. The van der Waals surface area contributed by atoms with E-state index in [-0.39, 0.29) is 11.9 Å². The van der Waals surface area contributed by atoms with Crippen molar-refractivity contribution in [1.82, 2.24) is 10.6 Å². The van der Waals surface area contributed by atoms with Gasteiger partial charge in [-0.25, -0.2) is 0 Å². The Bertz CT molecular complexity index is 321. The number of nitrogens with one attached hydrogen (secondary N) is 2. The Balaban J connectivity index is 1.67. The molecule has 0 bridgehead atoms. The van der Waals surface area contributed by atoms with Crippen molar-refractivity contribution in [2.45, 2.75) is 19.0 Å². The van der Waals surface area contributed by atoms with Crippen molar-refractivity contribution < 1.29 is 9.53 Å². The van der Waals surface area contributed by atoms with Crippen LogP contribution in [-0.4, -0.2) is 31.7 Å². The smallest absolute Gasteiger partial charge is 0.221 e. The first kappa shape index (κ1) is 11.6. The molecular formula is C11H16N2O2S. The highest BCUT2D eigenvalue weighted by Crippen LogP contribution is 2.07. The van der Waals surface area contributed by atoms with Crippen molar-refractivity contribution in [3.8, 4) is 0 Å². The van der Waals surface area contributed by atoms with Gasteiger partial charge in [-0.3, -0.25) is 4.79 Å². The van der Waals surface area contributed by atoms with Crippen LogP contribution in [-0.2, 0) is 16.1 Å². The molecule has 1 aromatic heterocycles. The van der Waals surface area contributed by atoms with Gasteiger partial charge >= 0.3 is 0 Å². The van der Waals surface area contributed by atoms with Crippen LogP contribution in [0.3, 0.4) is 0 Å². The molecular weight excluding hydrogens is 224 g/mol. The van der Waals surface area contributed by atoms with Crippen LogP contribution < -0.4 is 10.6 Å². The minimum Gasteiger partial charge on any atom is -0.378 e. The third-order valence-corrected chi connectivity index (χ3v) is 3.35. The minimum atomic E-state index is 0.0800. The second-order valence-corrected chi connectivity index (χ2v) is 4.82. The van der Waals surface area contributed by atoms with E-state index in [0.717, 1.165) is 13.2 Å².